The lowest BCUT2D eigenvalue weighted by atomic mass is 10.3. The van der Waals surface area contributed by atoms with Gasteiger partial charge in [0.05, 0.1) is 23.5 Å². The van der Waals surface area contributed by atoms with E-state index >= 15 is 0 Å². The van der Waals surface area contributed by atoms with Gasteiger partial charge in [-0.05, 0) is 49.4 Å². The summed E-state index contributed by atoms with van der Waals surface area (Å²) in [4.78, 5) is 4.37. The fraction of sp³-hybridized carbons (Fsp3) is 0.118. The van der Waals surface area contributed by atoms with Gasteiger partial charge in [0.15, 0.2) is 5.82 Å². The number of nitrogens with one attached hydrogen (secondary N) is 2. The van der Waals surface area contributed by atoms with Crippen LogP contribution in [0, 0.1) is 0 Å². The third kappa shape index (κ3) is 4.71. The van der Waals surface area contributed by atoms with Crippen LogP contribution in [0.1, 0.15) is 6.92 Å². The highest BCUT2D eigenvalue weighted by Gasteiger charge is 2.05. The van der Waals surface area contributed by atoms with Crippen molar-refractivity contribution in [2.45, 2.75) is 6.92 Å². The van der Waals surface area contributed by atoms with Gasteiger partial charge in [-0.3, -0.25) is 0 Å². The summed E-state index contributed by atoms with van der Waals surface area (Å²) in [5, 5.41) is 15.1. The molecule has 3 aromatic rings. The zero-order chi connectivity index (χ0) is 17.6. The molecule has 0 unspecified atom stereocenters. The predicted molar refractivity (Wildman–Crippen MR) is 100 cm³/mol. The smallest absolute Gasteiger partial charge is 0.249 e. The number of nitrogens with zero attached hydrogens (tertiary/aromatic N) is 3. The zero-order valence-electron chi connectivity index (χ0n) is 13.3. The van der Waals surface area contributed by atoms with Crippen LogP contribution in [0.15, 0.2) is 48.7 Å². The minimum atomic E-state index is 0.360. The molecule has 0 aliphatic carbocycles. The third-order valence-electron chi connectivity index (χ3n) is 3.17. The molecule has 0 saturated carbocycles. The Labute approximate surface area is 155 Å². The molecule has 0 aliphatic heterocycles. The Bertz CT molecular complexity index is 858. The number of hydrogen-bond acceptors (Lipinski definition) is 6. The molecule has 0 bridgehead atoms. The molecule has 0 saturated heterocycles. The highest BCUT2D eigenvalue weighted by molar-refractivity contribution is 6.36. The normalized spacial score (nSPS) is 10.4. The molecule has 1 aromatic heterocycles. The van der Waals surface area contributed by atoms with Gasteiger partial charge >= 0.3 is 0 Å². The van der Waals surface area contributed by atoms with Gasteiger partial charge in [-0.1, -0.05) is 23.2 Å². The van der Waals surface area contributed by atoms with Crippen LogP contribution in [0.2, 0.25) is 10.0 Å². The number of benzene rings is 2. The molecule has 6 nitrogen and oxygen atoms in total. The fourth-order valence-corrected chi connectivity index (χ4v) is 2.53. The first-order valence-corrected chi connectivity index (χ1v) is 8.31. The van der Waals surface area contributed by atoms with Crippen LogP contribution >= 0.6 is 23.2 Å². The maximum atomic E-state index is 6.15. The molecular weight excluding hydrogens is 361 g/mol. The van der Waals surface area contributed by atoms with Gasteiger partial charge in [-0.2, -0.15) is 10.1 Å². The van der Waals surface area contributed by atoms with Crippen LogP contribution in [0.4, 0.5) is 23.1 Å². The van der Waals surface area contributed by atoms with Crippen LogP contribution < -0.4 is 15.4 Å². The summed E-state index contributed by atoms with van der Waals surface area (Å²) in [6, 6.07) is 12.7. The van der Waals surface area contributed by atoms with Crippen molar-refractivity contribution in [3.63, 3.8) is 0 Å². The van der Waals surface area contributed by atoms with Crippen molar-refractivity contribution in [2.75, 3.05) is 17.2 Å². The molecule has 2 aromatic carbocycles. The summed E-state index contributed by atoms with van der Waals surface area (Å²) in [7, 11) is 0. The first-order valence-electron chi connectivity index (χ1n) is 7.55. The highest BCUT2D eigenvalue weighted by Crippen LogP contribution is 2.27. The monoisotopic (exact) mass is 375 g/mol. The molecule has 0 radical (unpaired) electrons. The van der Waals surface area contributed by atoms with Gasteiger partial charge in [0.2, 0.25) is 5.95 Å². The van der Waals surface area contributed by atoms with E-state index in [-0.39, 0.29) is 0 Å². The molecule has 3 rings (SSSR count). The molecule has 0 fully saturated rings. The van der Waals surface area contributed by atoms with Crippen molar-refractivity contribution in [1.82, 2.24) is 15.2 Å². The van der Waals surface area contributed by atoms with Gasteiger partial charge in [0.25, 0.3) is 0 Å². The van der Waals surface area contributed by atoms with Gasteiger partial charge in [0, 0.05) is 10.7 Å². The minimum absolute atomic E-state index is 0.360. The lowest BCUT2D eigenvalue weighted by Crippen LogP contribution is -2.02. The number of halogens is 2. The molecule has 8 heteroatoms. The molecule has 2 N–H and O–H groups in total. The first kappa shape index (κ1) is 17.3. The summed E-state index contributed by atoms with van der Waals surface area (Å²) < 4.78 is 5.41. The van der Waals surface area contributed by atoms with E-state index < -0.39 is 0 Å². The van der Waals surface area contributed by atoms with Gasteiger partial charge in [-0.25, -0.2) is 0 Å². The minimum Gasteiger partial charge on any atom is -0.494 e. The van der Waals surface area contributed by atoms with E-state index in [2.05, 4.69) is 25.8 Å². The van der Waals surface area contributed by atoms with E-state index in [0.717, 1.165) is 11.4 Å². The molecule has 1 heterocycles. The van der Waals surface area contributed by atoms with Crippen LogP contribution in [0.25, 0.3) is 0 Å². The summed E-state index contributed by atoms with van der Waals surface area (Å²) >= 11 is 12.0. The van der Waals surface area contributed by atoms with Crippen molar-refractivity contribution >= 4 is 46.3 Å². The Balaban J connectivity index is 1.72. The largest absolute Gasteiger partial charge is 0.494 e. The molecule has 128 valence electrons. The Kier molecular flexibility index (Phi) is 5.53. The van der Waals surface area contributed by atoms with E-state index in [4.69, 9.17) is 27.9 Å². The predicted octanol–water partition coefficient (Wildman–Crippen LogP) is 5.06. The standard InChI is InChI=1S/C17H15Cl2N5O/c1-2-25-13-6-4-12(5-7-13)21-17-23-16(10-20-24-17)22-15-8-3-11(18)9-14(15)19/h3-10H,2H2,1H3,(H2,21,22,23,24). The molecular formula is C17H15Cl2N5O. The van der Waals surface area contributed by atoms with E-state index in [1.165, 1.54) is 6.20 Å². The number of aromatic nitrogens is 3. The van der Waals surface area contributed by atoms with Crippen LogP contribution in [-0.2, 0) is 0 Å². The van der Waals surface area contributed by atoms with E-state index in [1.807, 2.05) is 31.2 Å². The Morgan fingerprint density at radius 1 is 1.04 bits per heavy atom. The lowest BCUT2D eigenvalue weighted by Gasteiger charge is -2.09. The summed E-state index contributed by atoms with van der Waals surface area (Å²) in [5.41, 5.74) is 1.51. The topological polar surface area (TPSA) is 72.0 Å². The quantitative estimate of drug-likeness (QED) is 0.626. The number of rotatable bonds is 6. The highest BCUT2D eigenvalue weighted by atomic mass is 35.5. The Morgan fingerprint density at radius 3 is 2.56 bits per heavy atom. The van der Waals surface area contributed by atoms with Crippen molar-refractivity contribution in [2.24, 2.45) is 0 Å². The van der Waals surface area contributed by atoms with Crippen LogP contribution in [0.5, 0.6) is 5.75 Å². The maximum Gasteiger partial charge on any atom is 0.249 e. The number of anilines is 4. The van der Waals surface area contributed by atoms with E-state index in [1.54, 1.807) is 18.2 Å². The second-order valence-electron chi connectivity index (χ2n) is 5.00. The molecule has 0 spiro atoms. The number of ether oxygens (including phenoxy) is 1. The molecule has 0 amide bonds. The van der Waals surface area contributed by atoms with Crippen molar-refractivity contribution in [3.05, 3.63) is 58.7 Å². The summed E-state index contributed by atoms with van der Waals surface area (Å²) in [6.07, 6.45) is 1.51. The zero-order valence-corrected chi connectivity index (χ0v) is 14.8. The Morgan fingerprint density at radius 2 is 1.84 bits per heavy atom. The molecule has 0 atom stereocenters. The third-order valence-corrected chi connectivity index (χ3v) is 3.72. The maximum absolute atomic E-state index is 6.15. The number of hydrogen-bond donors (Lipinski definition) is 2. The average molecular weight is 376 g/mol. The lowest BCUT2D eigenvalue weighted by molar-refractivity contribution is 0.340. The summed E-state index contributed by atoms with van der Waals surface area (Å²) in [5.74, 6) is 1.67. The second kappa shape index (κ2) is 8.00. The SMILES string of the molecule is CCOc1ccc(Nc2nncc(Nc3ccc(Cl)cc3Cl)n2)cc1. The van der Waals surface area contributed by atoms with E-state index in [0.29, 0.717) is 34.1 Å². The van der Waals surface area contributed by atoms with Crippen molar-refractivity contribution in [1.29, 1.82) is 0 Å². The van der Waals surface area contributed by atoms with Crippen LogP contribution in [-0.4, -0.2) is 21.8 Å². The molecule has 25 heavy (non-hydrogen) atoms. The van der Waals surface area contributed by atoms with Crippen molar-refractivity contribution in [3.8, 4) is 5.75 Å². The second-order valence-corrected chi connectivity index (χ2v) is 5.84. The van der Waals surface area contributed by atoms with Crippen LogP contribution in [0.3, 0.4) is 0 Å². The van der Waals surface area contributed by atoms with Gasteiger partial charge < -0.3 is 15.4 Å². The average Bonchev–Trinajstić information content (AvgIpc) is 2.60. The fourth-order valence-electron chi connectivity index (χ4n) is 2.08. The van der Waals surface area contributed by atoms with Gasteiger partial charge in [0.1, 0.15) is 5.75 Å². The van der Waals surface area contributed by atoms with Gasteiger partial charge in [-0.15, -0.1) is 5.10 Å². The molecule has 0 aliphatic rings. The van der Waals surface area contributed by atoms with E-state index in [9.17, 15) is 0 Å². The van der Waals surface area contributed by atoms with Crippen molar-refractivity contribution < 1.29 is 4.74 Å². The Hall–Kier alpha value is -2.57. The summed E-state index contributed by atoms with van der Waals surface area (Å²) in [6.45, 7) is 2.57. The first-order chi connectivity index (χ1) is 12.1.